The number of benzene rings is 1. The third-order valence-electron chi connectivity index (χ3n) is 6.92. The normalized spacial score (nSPS) is 20.1. The van der Waals surface area contributed by atoms with E-state index in [1.165, 1.54) is 11.0 Å². The molecule has 0 bridgehead atoms. The number of hydrogen-bond acceptors (Lipinski definition) is 9. The average molecular weight is 474 g/mol. The Kier molecular flexibility index (Phi) is 7.61. The molecule has 1 saturated heterocycles. The van der Waals surface area contributed by atoms with Crippen molar-refractivity contribution in [1.29, 1.82) is 0 Å². The van der Waals surface area contributed by atoms with Crippen molar-refractivity contribution >= 4 is 40.2 Å². The number of hydrogen-bond donors (Lipinski definition) is 3. The molecule has 3 N–H and O–H groups in total. The summed E-state index contributed by atoms with van der Waals surface area (Å²) < 4.78 is 0. The van der Waals surface area contributed by atoms with Crippen LogP contribution in [-0.2, 0) is 19.3 Å². The quantitative estimate of drug-likeness (QED) is 0.212. The lowest BCUT2D eigenvalue weighted by Crippen LogP contribution is -2.51. The highest BCUT2D eigenvalue weighted by Gasteiger charge is 2.37. The van der Waals surface area contributed by atoms with Crippen LogP contribution in [0.5, 0.6) is 0 Å². The van der Waals surface area contributed by atoms with Gasteiger partial charge in [-0.15, -0.1) is 0 Å². The molecule has 3 aliphatic rings. The zero-order valence-electron chi connectivity index (χ0n) is 19.1. The Morgan fingerprint density at radius 3 is 2.56 bits per heavy atom. The summed E-state index contributed by atoms with van der Waals surface area (Å²) >= 11 is 0. The Labute approximate surface area is 197 Å². The monoisotopic (exact) mass is 473 g/mol. The van der Waals surface area contributed by atoms with Gasteiger partial charge in [0.05, 0.1) is 16.7 Å². The summed E-state index contributed by atoms with van der Waals surface area (Å²) in [6, 6.07) is 2.43. The fourth-order valence-electron chi connectivity index (χ4n) is 5.07. The zero-order chi connectivity index (χ0) is 24.1. The van der Waals surface area contributed by atoms with E-state index in [0.717, 1.165) is 44.9 Å². The van der Waals surface area contributed by atoms with E-state index in [0.29, 0.717) is 37.3 Å². The molecule has 11 nitrogen and oxygen atoms in total. The van der Waals surface area contributed by atoms with E-state index in [9.17, 15) is 24.5 Å². The first-order valence-electron chi connectivity index (χ1n) is 12.1. The predicted octanol–water partition coefficient (Wildman–Crippen LogP) is 3.57. The minimum Gasteiger partial charge on any atom is -0.383 e. The topological polar surface area (TPSA) is 143 Å². The molecule has 1 amide bonds. The maximum atomic E-state index is 13.0. The molecule has 2 heterocycles. The van der Waals surface area contributed by atoms with Crippen LogP contribution >= 0.6 is 0 Å². The number of fused-ring (bicyclic) bond motifs is 1. The smallest absolute Gasteiger partial charge is 0.297 e. The van der Waals surface area contributed by atoms with E-state index in [1.54, 1.807) is 6.07 Å². The van der Waals surface area contributed by atoms with Gasteiger partial charge in [-0.25, -0.2) is 11.0 Å². The number of amides is 1. The second kappa shape index (κ2) is 10.8. The molecule has 0 radical (unpaired) electrons. The van der Waals surface area contributed by atoms with Crippen LogP contribution in [0.3, 0.4) is 0 Å². The maximum absolute atomic E-state index is 13.0. The number of likely N-dealkylation sites (tertiary alicyclic amines) is 1. The van der Waals surface area contributed by atoms with Gasteiger partial charge in [0.15, 0.2) is 11.5 Å². The van der Waals surface area contributed by atoms with Crippen molar-refractivity contribution in [2.75, 3.05) is 29.4 Å². The van der Waals surface area contributed by atoms with E-state index < -0.39 is 16.9 Å². The van der Waals surface area contributed by atoms with E-state index in [2.05, 4.69) is 16.3 Å². The number of nitrogens with one attached hydrogen (secondary N) is 3. The predicted molar refractivity (Wildman–Crippen MR) is 125 cm³/mol. The Hall–Kier alpha value is -3.21. The number of nitrogens with zero attached hydrogens (tertiary/aromatic N) is 2. The number of piperidine rings is 1. The fourth-order valence-corrected chi connectivity index (χ4v) is 5.07. The lowest BCUT2D eigenvalue weighted by Gasteiger charge is -2.35. The van der Waals surface area contributed by atoms with Crippen LogP contribution in [0.15, 0.2) is 12.1 Å². The van der Waals surface area contributed by atoms with Crippen LogP contribution < -0.4 is 16.3 Å². The highest BCUT2D eigenvalue weighted by molar-refractivity contribution is 6.37. The Bertz CT molecular complexity index is 961. The van der Waals surface area contributed by atoms with Gasteiger partial charge in [0, 0.05) is 31.5 Å². The molecule has 1 saturated carbocycles. The number of carbonyl (C=O) groups is 3. The minimum absolute atomic E-state index is 0.0247. The summed E-state index contributed by atoms with van der Waals surface area (Å²) in [5.41, 5.74) is 6.27. The summed E-state index contributed by atoms with van der Waals surface area (Å²) in [6.45, 7) is 0.916. The van der Waals surface area contributed by atoms with Crippen molar-refractivity contribution in [3.8, 4) is 0 Å². The molecule has 2 aliphatic heterocycles. The molecule has 1 aliphatic carbocycles. The maximum Gasteiger partial charge on any atom is 0.297 e. The first kappa shape index (κ1) is 23.9. The van der Waals surface area contributed by atoms with Gasteiger partial charge in [-0.1, -0.05) is 19.3 Å². The number of Topliss-reactive ketones (excluding diaryl/α,β-unsaturated/α-hetero) is 2. The Balaban J connectivity index is 1.30. The second-order valence-corrected chi connectivity index (χ2v) is 9.15. The standard InChI is InChI=1S/C23H31N5O6/c29-19(10-6-13-24-16-11-12-18(28(32)33)21-20(16)25-34-26-21)17-9-4-5-14-27(17)23(31)22(30)15-7-2-1-3-8-15/h11-12,15,17,24-26H,1-10,13-14H2. The molecule has 11 heteroatoms. The number of nitro benzene ring substituents is 1. The summed E-state index contributed by atoms with van der Waals surface area (Å²) in [7, 11) is 0. The van der Waals surface area contributed by atoms with Crippen LogP contribution in [-0.4, -0.2) is 46.4 Å². The molecule has 1 unspecified atom stereocenters. The first-order chi connectivity index (χ1) is 16.5. The molecule has 0 spiro atoms. The third-order valence-corrected chi connectivity index (χ3v) is 6.92. The molecule has 1 atom stereocenters. The van der Waals surface area contributed by atoms with Gasteiger partial charge >= 0.3 is 0 Å². The minimum atomic E-state index is -0.531. The van der Waals surface area contributed by atoms with Gasteiger partial charge in [0.1, 0.15) is 5.69 Å². The van der Waals surface area contributed by atoms with Crippen molar-refractivity contribution in [3.05, 3.63) is 22.2 Å². The highest BCUT2D eigenvalue weighted by atomic mass is 16.8. The Morgan fingerprint density at radius 2 is 1.79 bits per heavy atom. The van der Waals surface area contributed by atoms with E-state index in [-0.39, 0.29) is 35.3 Å². The molecule has 184 valence electrons. The number of anilines is 3. The van der Waals surface area contributed by atoms with Gasteiger partial charge in [-0.3, -0.25) is 24.5 Å². The number of rotatable bonds is 9. The van der Waals surface area contributed by atoms with Crippen LogP contribution in [0, 0.1) is 16.0 Å². The van der Waals surface area contributed by atoms with Gasteiger partial charge < -0.3 is 10.2 Å². The second-order valence-electron chi connectivity index (χ2n) is 9.15. The Morgan fingerprint density at radius 1 is 1.06 bits per heavy atom. The first-order valence-corrected chi connectivity index (χ1v) is 12.1. The molecule has 34 heavy (non-hydrogen) atoms. The number of ketones is 2. The molecule has 0 aromatic heterocycles. The SMILES string of the molecule is O=C(C(=O)N1CCCCC1C(=O)CCCNc1ccc([N+](=O)[O-])c2c1NON2)C1CCCCC1. The van der Waals surface area contributed by atoms with Gasteiger partial charge in [0.25, 0.3) is 11.6 Å². The zero-order valence-corrected chi connectivity index (χ0v) is 19.1. The molecule has 1 aromatic carbocycles. The van der Waals surface area contributed by atoms with Crippen LogP contribution in [0.4, 0.5) is 22.7 Å². The summed E-state index contributed by atoms with van der Waals surface area (Å²) in [5.74, 6) is -1.03. The summed E-state index contributed by atoms with van der Waals surface area (Å²) in [4.78, 5) is 55.8. The van der Waals surface area contributed by atoms with Crippen molar-refractivity contribution in [3.63, 3.8) is 0 Å². The van der Waals surface area contributed by atoms with E-state index >= 15 is 0 Å². The average Bonchev–Trinajstić information content (AvgIpc) is 3.36. The van der Waals surface area contributed by atoms with Gasteiger partial charge in [-0.2, -0.15) is 4.94 Å². The number of carbonyl (C=O) groups excluding carboxylic acids is 3. The van der Waals surface area contributed by atoms with Crippen molar-refractivity contribution in [1.82, 2.24) is 4.90 Å². The summed E-state index contributed by atoms with van der Waals surface area (Å²) in [6.07, 6.45) is 7.67. The van der Waals surface area contributed by atoms with E-state index in [1.807, 2.05) is 0 Å². The van der Waals surface area contributed by atoms with Gasteiger partial charge in [0.2, 0.25) is 5.78 Å². The van der Waals surface area contributed by atoms with Gasteiger partial charge in [-0.05, 0) is 44.6 Å². The molecular formula is C23H31N5O6. The lowest BCUT2D eigenvalue weighted by atomic mass is 9.85. The fraction of sp³-hybridized carbons (Fsp3) is 0.609. The van der Waals surface area contributed by atoms with Crippen molar-refractivity contribution in [2.24, 2.45) is 5.92 Å². The third kappa shape index (κ3) is 5.14. The van der Waals surface area contributed by atoms with E-state index in [4.69, 9.17) is 4.94 Å². The molecular weight excluding hydrogens is 442 g/mol. The molecule has 4 rings (SSSR count). The van der Waals surface area contributed by atoms with Crippen LogP contribution in [0.1, 0.15) is 64.2 Å². The lowest BCUT2D eigenvalue weighted by molar-refractivity contribution is -0.384. The summed E-state index contributed by atoms with van der Waals surface area (Å²) in [5, 5.41) is 14.3. The molecule has 2 fully saturated rings. The van der Waals surface area contributed by atoms with Crippen molar-refractivity contribution < 1.29 is 24.2 Å². The van der Waals surface area contributed by atoms with Crippen LogP contribution in [0.2, 0.25) is 0 Å². The molecule has 1 aromatic rings. The van der Waals surface area contributed by atoms with Crippen molar-refractivity contribution in [2.45, 2.75) is 70.3 Å². The largest absolute Gasteiger partial charge is 0.383 e. The highest BCUT2D eigenvalue weighted by Crippen LogP contribution is 2.41. The van der Waals surface area contributed by atoms with Crippen LogP contribution in [0.25, 0.3) is 0 Å². The number of nitro groups is 1.